The molecule has 0 aromatic rings. The standard InChI is InChI=1S/C14H17NO3/c1-9(2)12(16)7-8-15-13(17)10-5-3-4-6-11(10)14(15)18/h3,5,10-11H,1,4,6-8H2,2H3. The molecule has 18 heavy (non-hydrogen) atoms. The van der Waals surface area contributed by atoms with Crippen LogP contribution in [0.3, 0.4) is 0 Å². The summed E-state index contributed by atoms with van der Waals surface area (Å²) in [5.41, 5.74) is 0.464. The van der Waals surface area contributed by atoms with E-state index in [-0.39, 0.29) is 42.4 Å². The van der Waals surface area contributed by atoms with Gasteiger partial charge >= 0.3 is 0 Å². The number of carbonyl (C=O) groups excluding carboxylic acids is 3. The van der Waals surface area contributed by atoms with Gasteiger partial charge < -0.3 is 0 Å². The summed E-state index contributed by atoms with van der Waals surface area (Å²) in [4.78, 5) is 36.8. The van der Waals surface area contributed by atoms with Crippen LogP contribution in [0.2, 0.25) is 0 Å². The van der Waals surface area contributed by atoms with E-state index in [9.17, 15) is 14.4 Å². The third-order valence-electron chi connectivity index (χ3n) is 3.59. The number of allylic oxidation sites excluding steroid dienone is 2. The van der Waals surface area contributed by atoms with E-state index in [0.717, 1.165) is 12.8 Å². The van der Waals surface area contributed by atoms with Gasteiger partial charge in [-0.1, -0.05) is 18.7 Å². The number of hydrogen-bond donors (Lipinski definition) is 0. The Labute approximate surface area is 106 Å². The number of hydrogen-bond acceptors (Lipinski definition) is 3. The van der Waals surface area contributed by atoms with Gasteiger partial charge in [-0.2, -0.15) is 0 Å². The number of amides is 2. The highest BCUT2D eigenvalue weighted by molar-refractivity contribution is 6.06. The Morgan fingerprint density at radius 2 is 2.17 bits per heavy atom. The Hall–Kier alpha value is -1.71. The predicted octanol–water partition coefficient (Wildman–Crippen LogP) is 1.47. The molecule has 1 aliphatic heterocycles. The molecule has 96 valence electrons. The first kappa shape index (κ1) is 12.7. The minimum atomic E-state index is -0.300. The van der Waals surface area contributed by atoms with Crippen molar-refractivity contribution in [2.75, 3.05) is 6.54 Å². The number of ketones is 1. The SMILES string of the molecule is C=C(C)C(=O)CCN1C(=O)C2C=CCCC2C1=O. The van der Waals surface area contributed by atoms with E-state index in [2.05, 4.69) is 6.58 Å². The predicted molar refractivity (Wildman–Crippen MR) is 66.5 cm³/mol. The Kier molecular flexibility index (Phi) is 3.45. The Bertz CT molecular complexity index is 450. The molecule has 2 atom stereocenters. The third kappa shape index (κ3) is 2.15. The quantitative estimate of drug-likeness (QED) is 0.429. The van der Waals surface area contributed by atoms with Crippen molar-refractivity contribution in [3.05, 3.63) is 24.3 Å². The molecule has 4 heteroatoms. The van der Waals surface area contributed by atoms with E-state index in [0.29, 0.717) is 5.57 Å². The van der Waals surface area contributed by atoms with Crippen LogP contribution in [0.1, 0.15) is 26.2 Å². The van der Waals surface area contributed by atoms with Crippen molar-refractivity contribution in [3.63, 3.8) is 0 Å². The second kappa shape index (κ2) is 4.88. The fraction of sp³-hybridized carbons (Fsp3) is 0.500. The van der Waals surface area contributed by atoms with Crippen LogP contribution in [0.5, 0.6) is 0 Å². The average molecular weight is 247 g/mol. The number of carbonyl (C=O) groups is 3. The number of fused-ring (bicyclic) bond motifs is 1. The summed E-state index contributed by atoms with van der Waals surface area (Å²) in [5.74, 6) is -0.881. The third-order valence-corrected chi connectivity index (χ3v) is 3.59. The Balaban J connectivity index is 2.04. The highest BCUT2D eigenvalue weighted by Gasteiger charge is 2.46. The van der Waals surface area contributed by atoms with Gasteiger partial charge in [-0.05, 0) is 25.3 Å². The second-order valence-corrected chi connectivity index (χ2v) is 4.92. The summed E-state index contributed by atoms with van der Waals surface area (Å²) in [6.07, 6.45) is 5.54. The van der Waals surface area contributed by atoms with Gasteiger partial charge in [-0.25, -0.2) is 0 Å². The smallest absolute Gasteiger partial charge is 0.236 e. The molecule has 0 aromatic heterocycles. The van der Waals surface area contributed by atoms with Gasteiger partial charge in [0.1, 0.15) is 0 Å². The highest BCUT2D eigenvalue weighted by Crippen LogP contribution is 2.34. The van der Waals surface area contributed by atoms with Crippen molar-refractivity contribution in [2.24, 2.45) is 11.8 Å². The zero-order valence-corrected chi connectivity index (χ0v) is 10.5. The van der Waals surface area contributed by atoms with Crippen LogP contribution in [-0.4, -0.2) is 29.0 Å². The molecule has 4 nitrogen and oxygen atoms in total. The molecule has 0 N–H and O–H groups in total. The van der Waals surface area contributed by atoms with Crippen molar-refractivity contribution < 1.29 is 14.4 Å². The van der Waals surface area contributed by atoms with Crippen LogP contribution >= 0.6 is 0 Å². The van der Waals surface area contributed by atoms with Gasteiger partial charge in [0.15, 0.2) is 5.78 Å². The van der Waals surface area contributed by atoms with Gasteiger partial charge in [0.25, 0.3) is 0 Å². The largest absolute Gasteiger partial charge is 0.295 e. The lowest BCUT2D eigenvalue weighted by Crippen LogP contribution is -2.33. The van der Waals surface area contributed by atoms with Gasteiger partial charge in [-0.3, -0.25) is 19.3 Å². The monoisotopic (exact) mass is 247 g/mol. The first-order valence-electron chi connectivity index (χ1n) is 6.23. The molecule has 0 bridgehead atoms. The van der Waals surface area contributed by atoms with Crippen molar-refractivity contribution in [2.45, 2.75) is 26.2 Å². The number of rotatable bonds is 4. The zero-order chi connectivity index (χ0) is 13.3. The molecule has 2 unspecified atom stereocenters. The molecule has 1 fully saturated rings. The van der Waals surface area contributed by atoms with E-state index in [4.69, 9.17) is 0 Å². The molecular formula is C14H17NO3. The van der Waals surface area contributed by atoms with Gasteiger partial charge in [-0.15, -0.1) is 0 Å². The summed E-state index contributed by atoms with van der Waals surface area (Å²) in [5, 5.41) is 0. The molecule has 0 radical (unpaired) electrons. The maximum Gasteiger partial charge on any atom is 0.236 e. The topological polar surface area (TPSA) is 54.5 Å². The summed E-state index contributed by atoms with van der Waals surface area (Å²) >= 11 is 0. The lowest BCUT2D eigenvalue weighted by Gasteiger charge is -2.14. The maximum absolute atomic E-state index is 12.1. The van der Waals surface area contributed by atoms with Gasteiger partial charge in [0.05, 0.1) is 11.8 Å². The van der Waals surface area contributed by atoms with Crippen molar-refractivity contribution in [3.8, 4) is 0 Å². The van der Waals surface area contributed by atoms with Crippen LogP contribution in [0.4, 0.5) is 0 Å². The average Bonchev–Trinajstić information content (AvgIpc) is 2.60. The van der Waals surface area contributed by atoms with Crippen molar-refractivity contribution in [1.82, 2.24) is 4.90 Å². The Morgan fingerprint density at radius 3 is 2.78 bits per heavy atom. The molecular weight excluding hydrogens is 230 g/mol. The summed E-state index contributed by atoms with van der Waals surface area (Å²) in [6.45, 7) is 5.38. The Morgan fingerprint density at radius 1 is 1.44 bits per heavy atom. The lowest BCUT2D eigenvalue weighted by molar-refractivity contribution is -0.139. The molecule has 1 aliphatic carbocycles. The van der Waals surface area contributed by atoms with E-state index in [1.165, 1.54) is 4.90 Å². The van der Waals surface area contributed by atoms with E-state index >= 15 is 0 Å². The summed E-state index contributed by atoms with van der Waals surface area (Å²) < 4.78 is 0. The number of imide groups is 1. The summed E-state index contributed by atoms with van der Waals surface area (Å²) in [6, 6.07) is 0. The normalized spacial score (nSPS) is 26.4. The molecule has 2 aliphatic rings. The fourth-order valence-corrected chi connectivity index (χ4v) is 2.50. The van der Waals surface area contributed by atoms with Crippen LogP contribution in [-0.2, 0) is 14.4 Å². The van der Waals surface area contributed by atoms with Crippen LogP contribution < -0.4 is 0 Å². The molecule has 2 rings (SSSR count). The van der Waals surface area contributed by atoms with Gasteiger partial charge in [0, 0.05) is 13.0 Å². The van der Waals surface area contributed by atoms with Crippen LogP contribution in [0, 0.1) is 11.8 Å². The minimum Gasteiger partial charge on any atom is -0.295 e. The van der Waals surface area contributed by atoms with Crippen molar-refractivity contribution >= 4 is 17.6 Å². The fourth-order valence-electron chi connectivity index (χ4n) is 2.50. The van der Waals surface area contributed by atoms with Crippen LogP contribution in [0.15, 0.2) is 24.3 Å². The molecule has 2 amide bonds. The second-order valence-electron chi connectivity index (χ2n) is 4.92. The lowest BCUT2D eigenvalue weighted by atomic mass is 9.86. The molecule has 0 aromatic carbocycles. The molecule has 0 spiro atoms. The van der Waals surface area contributed by atoms with Crippen LogP contribution in [0.25, 0.3) is 0 Å². The van der Waals surface area contributed by atoms with E-state index in [1.807, 2.05) is 12.2 Å². The highest BCUT2D eigenvalue weighted by atomic mass is 16.2. The first-order chi connectivity index (χ1) is 8.52. The van der Waals surface area contributed by atoms with Gasteiger partial charge in [0.2, 0.25) is 11.8 Å². The molecule has 1 heterocycles. The molecule has 0 saturated carbocycles. The van der Waals surface area contributed by atoms with Crippen molar-refractivity contribution in [1.29, 1.82) is 0 Å². The minimum absolute atomic E-state index is 0.0963. The van der Waals surface area contributed by atoms with E-state index < -0.39 is 0 Å². The number of Topliss-reactive ketones (excluding diaryl/α,β-unsaturated/α-hetero) is 1. The number of likely N-dealkylation sites (tertiary alicyclic amines) is 1. The molecule has 1 saturated heterocycles. The first-order valence-corrected chi connectivity index (χ1v) is 6.23. The van der Waals surface area contributed by atoms with E-state index in [1.54, 1.807) is 6.92 Å². The summed E-state index contributed by atoms with van der Waals surface area (Å²) in [7, 11) is 0. The zero-order valence-electron chi connectivity index (χ0n) is 10.5. The maximum atomic E-state index is 12.1. The number of nitrogens with zero attached hydrogens (tertiary/aromatic N) is 1.